The number of anilines is 1. The Balaban J connectivity index is 1.66. The molecule has 0 bridgehead atoms. The maximum absolute atomic E-state index is 12.9. The molecule has 0 radical (unpaired) electrons. The molecule has 1 aliphatic rings. The molecule has 3 N–H and O–H groups in total. The Bertz CT molecular complexity index is 1410. The van der Waals surface area contributed by atoms with Crippen LogP contribution >= 0.6 is 28.1 Å². The Morgan fingerprint density at radius 3 is 2.39 bits per heavy atom. The summed E-state index contributed by atoms with van der Waals surface area (Å²) in [6, 6.07) is 20.1. The Morgan fingerprint density at radius 1 is 1.03 bits per heavy atom. The van der Waals surface area contributed by atoms with Gasteiger partial charge >= 0.3 is 0 Å². The topological polar surface area (TPSA) is 88.7 Å². The number of hydrogen-bond acceptors (Lipinski definition) is 5. The van der Waals surface area contributed by atoms with Crippen molar-refractivity contribution in [2.45, 2.75) is 26.8 Å². The predicted molar refractivity (Wildman–Crippen MR) is 156 cm³/mol. The number of thiocarbonyl (C=S) groups is 1. The quantitative estimate of drug-likeness (QED) is 0.274. The standard InChI is InChI=1S/C29H28BrN3O4S/c1-4-36-23-14-20(21(30)15-24(23)37-16-25(35)31-22-13-9-8-10-17(22)2)28-26(18(3)34)27(32-29(38)33-28)19-11-6-5-7-12-19/h5-15,28H,4,16H2,1-3H3,(H,31,35)(H2,32,33,38). The van der Waals surface area contributed by atoms with Crippen molar-refractivity contribution >= 4 is 56.3 Å². The molecule has 1 unspecified atom stereocenters. The first-order valence-corrected chi connectivity index (χ1v) is 13.3. The van der Waals surface area contributed by atoms with Crippen LogP contribution in [0.4, 0.5) is 5.69 Å². The molecule has 0 spiro atoms. The normalized spacial score (nSPS) is 14.8. The van der Waals surface area contributed by atoms with Crippen molar-refractivity contribution in [2.24, 2.45) is 0 Å². The van der Waals surface area contributed by atoms with Crippen LogP contribution in [0.1, 0.15) is 36.6 Å². The lowest BCUT2D eigenvalue weighted by molar-refractivity contribution is -0.118. The number of nitrogens with one attached hydrogen (secondary N) is 3. The lowest BCUT2D eigenvalue weighted by atomic mass is 9.90. The van der Waals surface area contributed by atoms with E-state index in [1.807, 2.05) is 68.4 Å². The van der Waals surface area contributed by atoms with Gasteiger partial charge in [0.15, 0.2) is 29.0 Å². The number of aryl methyl sites for hydroxylation is 1. The molecule has 196 valence electrons. The molecule has 1 aliphatic heterocycles. The van der Waals surface area contributed by atoms with Crippen molar-refractivity contribution in [1.82, 2.24) is 10.6 Å². The van der Waals surface area contributed by atoms with E-state index < -0.39 is 6.04 Å². The maximum atomic E-state index is 12.9. The molecule has 1 atom stereocenters. The van der Waals surface area contributed by atoms with E-state index in [4.69, 9.17) is 21.7 Å². The predicted octanol–water partition coefficient (Wildman–Crippen LogP) is 5.69. The fourth-order valence-corrected chi connectivity index (χ4v) is 4.98. The lowest BCUT2D eigenvalue weighted by Crippen LogP contribution is -2.44. The summed E-state index contributed by atoms with van der Waals surface area (Å²) in [5, 5.41) is 9.64. The number of ether oxygens (including phenoxy) is 2. The fraction of sp³-hybridized carbons (Fsp3) is 0.207. The number of amides is 1. The third kappa shape index (κ3) is 6.23. The number of Topliss-reactive ketones (excluding diaryl/α,β-unsaturated/α-hetero) is 1. The van der Waals surface area contributed by atoms with Crippen LogP contribution in [0.3, 0.4) is 0 Å². The Hall–Kier alpha value is -3.69. The lowest BCUT2D eigenvalue weighted by Gasteiger charge is -2.32. The Morgan fingerprint density at radius 2 is 1.71 bits per heavy atom. The van der Waals surface area contributed by atoms with Crippen LogP contribution in [0.2, 0.25) is 0 Å². The van der Waals surface area contributed by atoms with E-state index in [-0.39, 0.29) is 18.3 Å². The van der Waals surface area contributed by atoms with Crippen LogP contribution in [-0.2, 0) is 9.59 Å². The molecular formula is C29H28BrN3O4S. The van der Waals surface area contributed by atoms with E-state index in [0.717, 1.165) is 22.4 Å². The number of carbonyl (C=O) groups is 2. The van der Waals surface area contributed by atoms with Crippen LogP contribution < -0.4 is 25.4 Å². The van der Waals surface area contributed by atoms with Gasteiger partial charge in [-0.3, -0.25) is 9.59 Å². The monoisotopic (exact) mass is 593 g/mol. The zero-order valence-electron chi connectivity index (χ0n) is 21.3. The molecule has 7 nitrogen and oxygen atoms in total. The molecule has 1 amide bonds. The van der Waals surface area contributed by atoms with Crippen molar-refractivity contribution in [3.63, 3.8) is 0 Å². The second-order valence-electron chi connectivity index (χ2n) is 8.65. The summed E-state index contributed by atoms with van der Waals surface area (Å²) in [4.78, 5) is 25.5. The number of para-hydroxylation sites is 1. The van der Waals surface area contributed by atoms with E-state index in [2.05, 4.69) is 31.9 Å². The molecule has 1 heterocycles. The molecular weight excluding hydrogens is 566 g/mol. The fourth-order valence-electron chi connectivity index (χ4n) is 4.21. The van der Waals surface area contributed by atoms with Crippen molar-refractivity contribution < 1.29 is 19.1 Å². The van der Waals surface area contributed by atoms with Crippen LogP contribution in [0, 0.1) is 6.92 Å². The van der Waals surface area contributed by atoms with Gasteiger partial charge in [0.05, 0.1) is 18.3 Å². The van der Waals surface area contributed by atoms with Crippen LogP contribution in [0.5, 0.6) is 11.5 Å². The molecule has 3 aromatic rings. The summed E-state index contributed by atoms with van der Waals surface area (Å²) in [6.45, 7) is 5.50. The van der Waals surface area contributed by atoms with Crippen molar-refractivity contribution in [3.05, 3.63) is 93.5 Å². The van der Waals surface area contributed by atoms with E-state index in [0.29, 0.717) is 39.0 Å². The molecule has 38 heavy (non-hydrogen) atoms. The second-order valence-corrected chi connectivity index (χ2v) is 9.91. The minimum Gasteiger partial charge on any atom is -0.490 e. The van der Waals surface area contributed by atoms with Gasteiger partial charge in [0, 0.05) is 15.7 Å². The largest absolute Gasteiger partial charge is 0.490 e. The van der Waals surface area contributed by atoms with Gasteiger partial charge in [0.1, 0.15) is 0 Å². The third-order valence-electron chi connectivity index (χ3n) is 5.97. The molecule has 0 saturated carbocycles. The smallest absolute Gasteiger partial charge is 0.262 e. The molecule has 4 rings (SSSR count). The average Bonchev–Trinajstić information content (AvgIpc) is 2.90. The van der Waals surface area contributed by atoms with E-state index >= 15 is 0 Å². The number of benzene rings is 3. The molecule has 9 heteroatoms. The summed E-state index contributed by atoms with van der Waals surface area (Å²) in [7, 11) is 0. The first-order valence-electron chi connectivity index (χ1n) is 12.1. The van der Waals surface area contributed by atoms with E-state index in [9.17, 15) is 9.59 Å². The second kappa shape index (κ2) is 12.2. The van der Waals surface area contributed by atoms with Crippen molar-refractivity contribution in [3.8, 4) is 11.5 Å². The Kier molecular flexibility index (Phi) is 8.81. The number of hydrogen-bond donors (Lipinski definition) is 3. The molecule has 3 aromatic carbocycles. The minimum absolute atomic E-state index is 0.102. The molecule has 0 aliphatic carbocycles. The van der Waals surface area contributed by atoms with Crippen LogP contribution in [-0.4, -0.2) is 30.0 Å². The highest BCUT2D eigenvalue weighted by atomic mass is 79.9. The summed E-state index contributed by atoms with van der Waals surface area (Å²) in [5.41, 5.74) is 4.48. The van der Waals surface area contributed by atoms with Crippen molar-refractivity contribution in [1.29, 1.82) is 0 Å². The minimum atomic E-state index is -0.538. The highest BCUT2D eigenvalue weighted by Gasteiger charge is 2.32. The van der Waals surface area contributed by atoms with E-state index in [1.165, 1.54) is 6.92 Å². The SMILES string of the molecule is CCOc1cc(C2NC(=S)NC(c3ccccc3)=C2C(C)=O)c(Br)cc1OCC(=O)Nc1ccccc1C. The van der Waals surface area contributed by atoms with Gasteiger partial charge in [-0.2, -0.15) is 0 Å². The van der Waals surface area contributed by atoms with Gasteiger partial charge in [-0.15, -0.1) is 0 Å². The average molecular weight is 595 g/mol. The zero-order chi connectivity index (χ0) is 27.2. The van der Waals surface area contributed by atoms with Gasteiger partial charge in [0.25, 0.3) is 5.91 Å². The zero-order valence-corrected chi connectivity index (χ0v) is 23.7. The summed E-state index contributed by atoms with van der Waals surface area (Å²) < 4.78 is 12.4. The maximum Gasteiger partial charge on any atom is 0.262 e. The molecule has 0 saturated heterocycles. The van der Waals surface area contributed by atoms with Gasteiger partial charge in [0.2, 0.25) is 0 Å². The van der Waals surface area contributed by atoms with Crippen LogP contribution in [0.15, 0.2) is 76.8 Å². The summed E-state index contributed by atoms with van der Waals surface area (Å²) >= 11 is 9.14. The van der Waals surface area contributed by atoms with E-state index in [1.54, 1.807) is 12.1 Å². The number of rotatable bonds is 9. The first-order chi connectivity index (χ1) is 18.3. The van der Waals surface area contributed by atoms with Gasteiger partial charge in [-0.1, -0.05) is 64.5 Å². The van der Waals surface area contributed by atoms with Gasteiger partial charge < -0.3 is 25.4 Å². The van der Waals surface area contributed by atoms with Gasteiger partial charge in [-0.05, 0) is 67.9 Å². The van der Waals surface area contributed by atoms with Crippen molar-refractivity contribution in [2.75, 3.05) is 18.5 Å². The third-order valence-corrected chi connectivity index (χ3v) is 6.87. The highest BCUT2D eigenvalue weighted by molar-refractivity contribution is 9.10. The number of ketones is 1. The Labute approximate surface area is 235 Å². The number of halogens is 1. The first kappa shape index (κ1) is 27.3. The van der Waals surface area contributed by atoms with Gasteiger partial charge in [-0.25, -0.2) is 0 Å². The molecule has 0 aromatic heterocycles. The molecule has 0 fully saturated rings. The number of carbonyl (C=O) groups excluding carboxylic acids is 2. The van der Waals surface area contributed by atoms with Crippen LogP contribution in [0.25, 0.3) is 5.70 Å². The summed E-state index contributed by atoms with van der Waals surface area (Å²) in [5.74, 6) is 0.455. The summed E-state index contributed by atoms with van der Waals surface area (Å²) in [6.07, 6.45) is 0. The highest BCUT2D eigenvalue weighted by Crippen LogP contribution is 2.41.